The van der Waals surface area contributed by atoms with Crippen LogP contribution < -0.4 is 9.47 Å². The van der Waals surface area contributed by atoms with E-state index in [1.165, 1.54) is 25.3 Å². The van der Waals surface area contributed by atoms with E-state index in [1.807, 2.05) is 0 Å². The van der Waals surface area contributed by atoms with Crippen molar-refractivity contribution in [2.24, 2.45) is 0 Å². The van der Waals surface area contributed by atoms with Crippen LogP contribution in [-0.2, 0) is 27.6 Å². The summed E-state index contributed by atoms with van der Waals surface area (Å²) in [7, 11) is 1.26. The van der Waals surface area contributed by atoms with E-state index in [2.05, 4.69) is 14.5 Å². The standard InChI is InChI=1S/C18H17F3O5/c1-23-26-17(22)10-7-13-5-8-15(9-6-13)24-12-14-3-2-4-16(11-14)25-18(19,20)21/h2-6,8-9,11H,7,10,12H2,1H3. The molecule has 0 saturated heterocycles. The maximum absolute atomic E-state index is 12.2. The molecule has 2 aromatic carbocycles. The molecule has 8 heteroatoms. The van der Waals surface area contributed by atoms with Gasteiger partial charge in [-0.15, -0.1) is 13.2 Å². The summed E-state index contributed by atoms with van der Waals surface area (Å²) in [6, 6.07) is 12.6. The Bertz CT molecular complexity index is 714. The van der Waals surface area contributed by atoms with E-state index >= 15 is 0 Å². The molecule has 0 heterocycles. The molecule has 0 aromatic heterocycles. The molecular weight excluding hydrogens is 353 g/mol. The maximum Gasteiger partial charge on any atom is 0.573 e. The van der Waals surface area contributed by atoms with Crippen molar-refractivity contribution in [3.05, 3.63) is 59.7 Å². The Morgan fingerprint density at radius 3 is 2.38 bits per heavy atom. The predicted molar refractivity (Wildman–Crippen MR) is 85.3 cm³/mol. The first kappa shape index (κ1) is 19.6. The van der Waals surface area contributed by atoms with Crippen molar-refractivity contribution in [2.45, 2.75) is 25.8 Å². The van der Waals surface area contributed by atoms with Crippen LogP contribution in [0.25, 0.3) is 0 Å². The van der Waals surface area contributed by atoms with Gasteiger partial charge >= 0.3 is 12.3 Å². The number of hydrogen-bond donors (Lipinski definition) is 0. The molecule has 0 unspecified atom stereocenters. The Kier molecular flexibility index (Phi) is 6.85. The highest BCUT2D eigenvalue weighted by atomic mass is 19.4. The van der Waals surface area contributed by atoms with Crippen molar-refractivity contribution in [1.82, 2.24) is 0 Å². The van der Waals surface area contributed by atoms with Gasteiger partial charge in [-0.05, 0) is 41.8 Å². The van der Waals surface area contributed by atoms with Crippen molar-refractivity contribution >= 4 is 5.97 Å². The van der Waals surface area contributed by atoms with E-state index in [0.29, 0.717) is 17.7 Å². The fourth-order valence-corrected chi connectivity index (χ4v) is 2.13. The molecule has 0 bridgehead atoms. The number of alkyl halides is 3. The average molecular weight is 370 g/mol. The Labute approximate surface area is 148 Å². The molecule has 0 spiro atoms. The molecule has 0 N–H and O–H groups in total. The third kappa shape index (κ3) is 7.02. The lowest BCUT2D eigenvalue weighted by atomic mass is 10.1. The second kappa shape index (κ2) is 9.10. The van der Waals surface area contributed by atoms with Crippen molar-refractivity contribution in [1.29, 1.82) is 0 Å². The highest BCUT2D eigenvalue weighted by Crippen LogP contribution is 2.24. The molecule has 0 aliphatic carbocycles. The van der Waals surface area contributed by atoms with Gasteiger partial charge in [0.1, 0.15) is 18.1 Å². The lowest BCUT2D eigenvalue weighted by Gasteiger charge is -2.11. The van der Waals surface area contributed by atoms with E-state index in [1.54, 1.807) is 30.3 Å². The minimum absolute atomic E-state index is 0.0918. The first-order valence-electron chi connectivity index (χ1n) is 7.65. The van der Waals surface area contributed by atoms with Gasteiger partial charge in [0.15, 0.2) is 0 Å². The van der Waals surface area contributed by atoms with Crippen LogP contribution >= 0.6 is 0 Å². The zero-order chi connectivity index (χ0) is 19.0. The number of rotatable bonds is 8. The van der Waals surface area contributed by atoms with E-state index in [4.69, 9.17) is 4.74 Å². The molecule has 0 saturated carbocycles. The quantitative estimate of drug-likeness (QED) is 0.515. The molecule has 2 aromatic rings. The van der Waals surface area contributed by atoms with E-state index in [-0.39, 0.29) is 18.8 Å². The lowest BCUT2D eigenvalue weighted by molar-refractivity contribution is -0.274. The van der Waals surface area contributed by atoms with Crippen molar-refractivity contribution in [3.8, 4) is 11.5 Å². The van der Waals surface area contributed by atoms with Gasteiger partial charge in [-0.25, -0.2) is 4.79 Å². The number of ether oxygens (including phenoxy) is 2. The summed E-state index contributed by atoms with van der Waals surface area (Å²) in [5.74, 6) is -0.207. The minimum Gasteiger partial charge on any atom is -0.489 e. The number of benzene rings is 2. The van der Waals surface area contributed by atoms with Crippen LogP contribution in [0.1, 0.15) is 17.5 Å². The summed E-state index contributed by atoms with van der Waals surface area (Å²) < 4.78 is 46.1. The monoisotopic (exact) mass is 370 g/mol. The first-order chi connectivity index (χ1) is 12.4. The van der Waals surface area contributed by atoms with Gasteiger partial charge in [0.05, 0.1) is 13.5 Å². The average Bonchev–Trinajstić information content (AvgIpc) is 2.58. The van der Waals surface area contributed by atoms with Gasteiger partial charge in [-0.2, -0.15) is 4.89 Å². The van der Waals surface area contributed by atoms with E-state index in [9.17, 15) is 18.0 Å². The Balaban J connectivity index is 1.86. The molecule has 0 fully saturated rings. The van der Waals surface area contributed by atoms with Crippen molar-refractivity contribution in [3.63, 3.8) is 0 Å². The molecule has 140 valence electrons. The molecule has 26 heavy (non-hydrogen) atoms. The van der Waals surface area contributed by atoms with E-state index < -0.39 is 12.3 Å². The number of halogens is 3. The second-order valence-electron chi connectivity index (χ2n) is 5.25. The highest BCUT2D eigenvalue weighted by molar-refractivity contribution is 5.69. The van der Waals surface area contributed by atoms with Gasteiger partial charge in [0.2, 0.25) is 0 Å². The van der Waals surface area contributed by atoms with Crippen molar-refractivity contribution < 1.29 is 37.2 Å². The maximum atomic E-state index is 12.2. The van der Waals surface area contributed by atoms with Crippen LogP contribution in [0.4, 0.5) is 13.2 Å². The Hall–Kier alpha value is -2.74. The van der Waals surface area contributed by atoms with Crippen LogP contribution in [0, 0.1) is 0 Å². The zero-order valence-electron chi connectivity index (χ0n) is 13.9. The topological polar surface area (TPSA) is 54.0 Å². The normalized spacial score (nSPS) is 11.1. The lowest BCUT2D eigenvalue weighted by Crippen LogP contribution is -2.17. The third-order valence-electron chi connectivity index (χ3n) is 3.25. The van der Waals surface area contributed by atoms with Crippen LogP contribution in [0.3, 0.4) is 0 Å². The second-order valence-corrected chi connectivity index (χ2v) is 5.25. The Morgan fingerprint density at radius 1 is 1.00 bits per heavy atom. The van der Waals surface area contributed by atoms with Crippen LogP contribution in [0.15, 0.2) is 48.5 Å². The zero-order valence-corrected chi connectivity index (χ0v) is 13.9. The van der Waals surface area contributed by atoms with Crippen LogP contribution in [0.2, 0.25) is 0 Å². The van der Waals surface area contributed by atoms with Crippen LogP contribution in [-0.4, -0.2) is 19.4 Å². The van der Waals surface area contributed by atoms with Gasteiger partial charge in [-0.3, -0.25) is 4.89 Å². The molecule has 0 atom stereocenters. The molecular formula is C18H17F3O5. The number of hydrogen-bond acceptors (Lipinski definition) is 5. The summed E-state index contributed by atoms with van der Waals surface area (Å²) >= 11 is 0. The third-order valence-corrected chi connectivity index (χ3v) is 3.25. The number of aryl methyl sites for hydroxylation is 1. The fourth-order valence-electron chi connectivity index (χ4n) is 2.13. The molecule has 0 aliphatic rings. The summed E-state index contributed by atoms with van der Waals surface area (Å²) in [4.78, 5) is 19.9. The van der Waals surface area contributed by atoms with Gasteiger partial charge in [0.25, 0.3) is 0 Å². The fraction of sp³-hybridized carbons (Fsp3) is 0.278. The molecule has 0 amide bonds. The predicted octanol–water partition coefficient (Wildman–Crippen LogP) is 4.20. The first-order valence-corrected chi connectivity index (χ1v) is 7.65. The molecule has 5 nitrogen and oxygen atoms in total. The molecule has 0 aliphatic heterocycles. The minimum atomic E-state index is -4.73. The SMILES string of the molecule is COOC(=O)CCc1ccc(OCc2cccc(OC(F)(F)F)c2)cc1. The van der Waals surface area contributed by atoms with E-state index in [0.717, 1.165) is 5.56 Å². The highest BCUT2D eigenvalue weighted by Gasteiger charge is 2.31. The largest absolute Gasteiger partial charge is 0.573 e. The molecule has 0 radical (unpaired) electrons. The summed E-state index contributed by atoms with van der Waals surface area (Å²) in [5.41, 5.74) is 1.45. The number of carbonyl (C=O) groups is 1. The van der Waals surface area contributed by atoms with Gasteiger partial charge in [0, 0.05) is 0 Å². The van der Waals surface area contributed by atoms with Crippen LogP contribution in [0.5, 0.6) is 11.5 Å². The smallest absolute Gasteiger partial charge is 0.489 e. The molecule has 2 rings (SSSR count). The van der Waals surface area contributed by atoms with Gasteiger partial charge in [-0.1, -0.05) is 24.3 Å². The Morgan fingerprint density at radius 2 is 1.73 bits per heavy atom. The van der Waals surface area contributed by atoms with Crippen molar-refractivity contribution in [2.75, 3.05) is 7.11 Å². The van der Waals surface area contributed by atoms with Gasteiger partial charge < -0.3 is 9.47 Å². The summed E-state index contributed by atoms with van der Waals surface area (Å²) in [6.07, 6.45) is -4.07. The number of carbonyl (C=O) groups excluding carboxylic acids is 1. The summed E-state index contributed by atoms with van der Waals surface area (Å²) in [6.45, 7) is 0.0918. The summed E-state index contributed by atoms with van der Waals surface area (Å²) in [5, 5.41) is 0.